The van der Waals surface area contributed by atoms with Crippen LogP contribution in [0.4, 0.5) is 9.59 Å². The first-order valence-corrected chi connectivity index (χ1v) is 13.7. The van der Waals surface area contributed by atoms with Crippen molar-refractivity contribution in [3.05, 3.63) is 34.9 Å². The van der Waals surface area contributed by atoms with Crippen LogP contribution in [0.15, 0.2) is 24.3 Å². The minimum Gasteiger partial charge on any atom is -0.465 e. The molecule has 1 saturated heterocycles. The number of carboxylic acid groups (broad SMARTS) is 1. The molecule has 202 valence electrons. The maximum Gasteiger partial charge on any atom is 0.407 e. The van der Waals surface area contributed by atoms with Crippen molar-refractivity contribution in [1.29, 1.82) is 0 Å². The smallest absolute Gasteiger partial charge is 0.407 e. The Morgan fingerprint density at radius 1 is 1.25 bits per heavy atom. The highest BCUT2D eigenvalue weighted by molar-refractivity contribution is 6.30. The summed E-state index contributed by atoms with van der Waals surface area (Å²) in [6.07, 6.45) is 7.74. The normalized spacial score (nSPS) is 21.4. The lowest BCUT2D eigenvalue weighted by Crippen LogP contribution is -2.54. The standard InChI is InChI=1S/C27H43ClN4O4/c1-19(29)24(16-20-8-4-3-5-9-20)30-26(33)32-13-7-11-22(18-32)25(21-10-6-12-23(28)17-21)36-15-14-31(2)27(34)35/h6,10,12,17,19-20,22,24-25H,3-5,7-9,11,13-16,18,29H2,1-2H3,(H,30,33)(H,34,35)/t19-,22-,24+,25?/m1/s1. The Bertz CT molecular complexity index is 849. The summed E-state index contributed by atoms with van der Waals surface area (Å²) >= 11 is 6.27. The lowest BCUT2D eigenvalue weighted by Gasteiger charge is -2.38. The van der Waals surface area contributed by atoms with E-state index < -0.39 is 6.09 Å². The number of carbonyl (C=O) groups is 2. The molecule has 1 heterocycles. The molecule has 0 radical (unpaired) electrons. The fourth-order valence-electron chi connectivity index (χ4n) is 5.48. The van der Waals surface area contributed by atoms with Crippen molar-refractivity contribution in [3.63, 3.8) is 0 Å². The van der Waals surface area contributed by atoms with Crippen LogP contribution in [0.1, 0.15) is 70.0 Å². The highest BCUT2D eigenvalue weighted by Gasteiger charge is 2.33. The Kier molecular flexibility index (Phi) is 11.1. The summed E-state index contributed by atoms with van der Waals surface area (Å²) in [7, 11) is 1.52. The molecule has 9 heteroatoms. The number of halogens is 1. The average Bonchev–Trinajstić information content (AvgIpc) is 2.86. The average molecular weight is 523 g/mol. The Morgan fingerprint density at radius 2 is 2.00 bits per heavy atom. The van der Waals surface area contributed by atoms with E-state index in [1.807, 2.05) is 36.1 Å². The van der Waals surface area contributed by atoms with E-state index in [1.165, 1.54) is 44.1 Å². The zero-order valence-corrected chi connectivity index (χ0v) is 22.5. The van der Waals surface area contributed by atoms with Crippen LogP contribution in [0.2, 0.25) is 5.02 Å². The predicted octanol–water partition coefficient (Wildman–Crippen LogP) is 5.12. The zero-order chi connectivity index (χ0) is 26.1. The Hall–Kier alpha value is -2.03. The van der Waals surface area contributed by atoms with Crippen molar-refractivity contribution in [2.45, 2.75) is 76.5 Å². The summed E-state index contributed by atoms with van der Waals surface area (Å²) < 4.78 is 6.25. The highest BCUT2D eigenvalue weighted by atomic mass is 35.5. The Balaban J connectivity index is 1.65. The molecule has 0 spiro atoms. The second-order valence-corrected chi connectivity index (χ2v) is 11.0. The first-order chi connectivity index (χ1) is 17.2. The van der Waals surface area contributed by atoms with Gasteiger partial charge in [-0.3, -0.25) is 0 Å². The SMILES string of the molecule is C[C@@H](N)[C@H](CC1CCCCC1)NC(=O)N1CCC[C@@H](C(OCCN(C)C(=O)O)c2cccc(Cl)c2)C1. The van der Waals surface area contributed by atoms with E-state index in [-0.39, 0.29) is 43.3 Å². The number of hydrogen-bond donors (Lipinski definition) is 3. The fraction of sp³-hybridized carbons (Fsp3) is 0.704. The second-order valence-electron chi connectivity index (χ2n) is 10.6. The summed E-state index contributed by atoms with van der Waals surface area (Å²) in [5.74, 6) is 0.707. The van der Waals surface area contributed by atoms with Crippen molar-refractivity contribution in [1.82, 2.24) is 15.1 Å². The van der Waals surface area contributed by atoms with Gasteiger partial charge in [-0.1, -0.05) is 55.8 Å². The molecule has 1 unspecified atom stereocenters. The van der Waals surface area contributed by atoms with E-state index in [1.54, 1.807) is 0 Å². The number of nitrogens with zero attached hydrogens (tertiary/aromatic N) is 2. The van der Waals surface area contributed by atoms with E-state index in [4.69, 9.17) is 27.2 Å². The molecule has 8 nitrogen and oxygen atoms in total. The molecule has 2 aliphatic rings. The summed E-state index contributed by atoms with van der Waals surface area (Å²) in [6, 6.07) is 7.38. The van der Waals surface area contributed by atoms with Crippen molar-refractivity contribution in [2.24, 2.45) is 17.6 Å². The number of likely N-dealkylation sites (tertiary alicyclic amines) is 1. The van der Waals surface area contributed by atoms with Crippen LogP contribution in [0.25, 0.3) is 0 Å². The number of benzene rings is 1. The largest absolute Gasteiger partial charge is 0.465 e. The van der Waals surface area contributed by atoms with Crippen LogP contribution >= 0.6 is 11.6 Å². The van der Waals surface area contributed by atoms with Crippen LogP contribution in [-0.4, -0.2) is 72.4 Å². The molecular formula is C27H43ClN4O4. The predicted molar refractivity (Wildman–Crippen MR) is 142 cm³/mol. The molecule has 1 saturated carbocycles. The zero-order valence-electron chi connectivity index (χ0n) is 21.7. The fourth-order valence-corrected chi connectivity index (χ4v) is 5.68. The van der Waals surface area contributed by atoms with Crippen LogP contribution in [0.5, 0.6) is 0 Å². The first-order valence-electron chi connectivity index (χ1n) is 13.4. The van der Waals surface area contributed by atoms with Crippen LogP contribution in [0, 0.1) is 11.8 Å². The number of nitrogens with one attached hydrogen (secondary N) is 1. The molecular weight excluding hydrogens is 480 g/mol. The van der Waals surface area contributed by atoms with E-state index >= 15 is 0 Å². The van der Waals surface area contributed by atoms with Gasteiger partial charge in [0.25, 0.3) is 0 Å². The minimum atomic E-state index is -0.990. The molecule has 4 N–H and O–H groups in total. The van der Waals surface area contributed by atoms with E-state index in [0.29, 0.717) is 24.0 Å². The third-order valence-electron chi connectivity index (χ3n) is 7.66. The Labute approximate surface area is 220 Å². The van der Waals surface area contributed by atoms with Crippen LogP contribution in [-0.2, 0) is 4.74 Å². The van der Waals surface area contributed by atoms with Gasteiger partial charge in [-0.2, -0.15) is 0 Å². The lowest BCUT2D eigenvalue weighted by molar-refractivity contribution is -0.0156. The van der Waals surface area contributed by atoms with Crippen LogP contribution < -0.4 is 11.1 Å². The van der Waals surface area contributed by atoms with Gasteiger partial charge in [0.05, 0.1) is 12.7 Å². The maximum absolute atomic E-state index is 13.3. The number of urea groups is 1. The molecule has 36 heavy (non-hydrogen) atoms. The quantitative estimate of drug-likeness (QED) is 0.395. The molecule has 0 aromatic heterocycles. The summed E-state index contributed by atoms with van der Waals surface area (Å²) in [4.78, 5) is 27.6. The van der Waals surface area contributed by atoms with E-state index in [9.17, 15) is 9.59 Å². The second kappa shape index (κ2) is 14.1. The molecule has 3 rings (SSSR count). The van der Waals surface area contributed by atoms with Gasteiger partial charge in [-0.15, -0.1) is 0 Å². The molecule has 1 aromatic carbocycles. The molecule has 1 aromatic rings. The summed E-state index contributed by atoms with van der Waals surface area (Å²) in [5, 5.41) is 13.0. The first kappa shape index (κ1) is 28.5. The number of amides is 3. The molecule has 1 aliphatic heterocycles. The van der Waals surface area contributed by atoms with Gasteiger partial charge in [-0.05, 0) is 49.8 Å². The molecule has 4 atom stereocenters. The molecule has 0 bridgehead atoms. The van der Waals surface area contributed by atoms with Gasteiger partial charge in [0.1, 0.15) is 0 Å². The number of likely N-dealkylation sites (N-methyl/N-ethyl adjacent to an activating group) is 1. The number of carbonyl (C=O) groups excluding carboxylic acids is 1. The van der Waals surface area contributed by atoms with E-state index in [2.05, 4.69) is 5.32 Å². The minimum absolute atomic E-state index is 0.0347. The van der Waals surface area contributed by atoms with Crippen molar-refractivity contribution >= 4 is 23.7 Å². The molecule has 1 aliphatic carbocycles. The summed E-state index contributed by atoms with van der Waals surface area (Å²) in [5.41, 5.74) is 7.23. The number of rotatable bonds is 10. The van der Waals surface area contributed by atoms with Gasteiger partial charge >= 0.3 is 12.1 Å². The molecule has 2 fully saturated rings. The van der Waals surface area contributed by atoms with Crippen molar-refractivity contribution < 1.29 is 19.4 Å². The van der Waals surface area contributed by atoms with Gasteiger partial charge in [0.15, 0.2) is 0 Å². The third kappa shape index (κ3) is 8.53. The third-order valence-corrected chi connectivity index (χ3v) is 7.89. The van der Waals surface area contributed by atoms with E-state index in [0.717, 1.165) is 24.8 Å². The number of piperidine rings is 1. The van der Waals surface area contributed by atoms with Gasteiger partial charge in [-0.25, -0.2) is 9.59 Å². The van der Waals surface area contributed by atoms with Crippen molar-refractivity contribution in [3.8, 4) is 0 Å². The number of hydrogen-bond acceptors (Lipinski definition) is 4. The monoisotopic (exact) mass is 522 g/mol. The lowest BCUT2D eigenvalue weighted by atomic mass is 9.83. The highest BCUT2D eigenvalue weighted by Crippen LogP contribution is 2.34. The topological polar surface area (TPSA) is 108 Å². The van der Waals surface area contributed by atoms with Gasteiger partial charge in [0.2, 0.25) is 0 Å². The van der Waals surface area contributed by atoms with Crippen LogP contribution in [0.3, 0.4) is 0 Å². The van der Waals surface area contributed by atoms with Gasteiger partial charge < -0.3 is 30.7 Å². The summed E-state index contributed by atoms with van der Waals surface area (Å²) in [6.45, 7) is 3.76. The van der Waals surface area contributed by atoms with Gasteiger partial charge in [0, 0.05) is 49.7 Å². The number of nitrogens with two attached hydrogens (primary N) is 1. The van der Waals surface area contributed by atoms with Crippen molar-refractivity contribution in [2.75, 3.05) is 33.3 Å². The molecule has 3 amide bonds. The Morgan fingerprint density at radius 3 is 2.67 bits per heavy atom. The maximum atomic E-state index is 13.3. The number of ether oxygens (including phenoxy) is 1.